The first-order valence-corrected chi connectivity index (χ1v) is 16.4. The molecule has 3 N–H and O–H groups in total. The molecule has 2 amide bonds. The van der Waals surface area contributed by atoms with Crippen LogP contribution < -0.4 is 11.1 Å². The van der Waals surface area contributed by atoms with Crippen molar-refractivity contribution in [3.05, 3.63) is 119 Å². The lowest BCUT2D eigenvalue weighted by molar-refractivity contribution is -0.193. The maximum absolute atomic E-state index is 14.3. The summed E-state index contributed by atoms with van der Waals surface area (Å²) in [6.07, 6.45) is -0.737. The molecule has 2 aliphatic rings. The van der Waals surface area contributed by atoms with Crippen molar-refractivity contribution in [1.29, 1.82) is 0 Å². The topological polar surface area (TPSA) is 155 Å². The molecule has 3 heterocycles. The molecule has 3 aromatic carbocycles. The Morgan fingerprint density at radius 2 is 1.60 bits per heavy atom. The molecule has 1 saturated heterocycles. The monoisotopic (exact) mass is 693 g/mol. The summed E-state index contributed by atoms with van der Waals surface area (Å²) >= 11 is 2.70. The van der Waals surface area contributed by atoms with E-state index < -0.39 is 41.0 Å². The molecule has 1 aromatic heterocycles. The zero-order valence-electron chi connectivity index (χ0n) is 25.4. The summed E-state index contributed by atoms with van der Waals surface area (Å²) in [6, 6.07) is 26.6. The predicted octanol–water partition coefficient (Wildman–Crippen LogP) is 3.38. The average molecular weight is 694 g/mol. The zero-order valence-corrected chi connectivity index (χ0v) is 27.8. The van der Waals surface area contributed by atoms with Crippen LogP contribution in [0.15, 0.2) is 107 Å². The normalized spacial score (nSPS) is 19.4. The van der Waals surface area contributed by atoms with E-state index in [1.807, 2.05) is 66.7 Å². The number of rotatable bonds is 11. The lowest BCUT2D eigenvalue weighted by Crippen LogP contribution is -2.81. The summed E-state index contributed by atoms with van der Waals surface area (Å²) in [4.78, 5) is 43.0. The number of tetrazole rings is 1. The van der Waals surface area contributed by atoms with Gasteiger partial charge in [-0.3, -0.25) is 14.5 Å². The molecule has 2 aliphatic heterocycles. The van der Waals surface area contributed by atoms with Crippen LogP contribution in [0, 0.1) is 0 Å². The van der Waals surface area contributed by atoms with Gasteiger partial charge >= 0.3 is 5.97 Å². The number of nitrogens with one attached hydrogen (secondary N) is 1. The fourth-order valence-electron chi connectivity index (χ4n) is 5.36. The van der Waals surface area contributed by atoms with Crippen molar-refractivity contribution >= 4 is 53.7 Å². The number of aromatic nitrogens is 4. The fraction of sp³-hybridized carbons (Fsp3) is 0.250. The second kappa shape index (κ2) is 14.7. The highest BCUT2D eigenvalue weighted by atomic mass is 35.5. The number of halogens is 1. The summed E-state index contributed by atoms with van der Waals surface area (Å²) in [5, 5.41) is 14.1. The van der Waals surface area contributed by atoms with Crippen LogP contribution in [-0.2, 0) is 30.9 Å². The molecule has 4 aromatic rings. The van der Waals surface area contributed by atoms with Gasteiger partial charge in [-0.25, -0.2) is 9.48 Å². The van der Waals surface area contributed by atoms with Gasteiger partial charge in [-0.15, -0.1) is 29.3 Å². The van der Waals surface area contributed by atoms with E-state index in [0.29, 0.717) is 27.8 Å². The number of benzene rings is 3. The van der Waals surface area contributed by atoms with Crippen molar-refractivity contribution in [3.8, 4) is 0 Å². The van der Waals surface area contributed by atoms with Crippen LogP contribution >= 0.6 is 35.9 Å². The number of aryl methyl sites for hydroxylation is 1. The number of ether oxygens (including phenoxy) is 2. The second-order valence-electron chi connectivity index (χ2n) is 10.6. The molecule has 0 spiro atoms. The van der Waals surface area contributed by atoms with Crippen LogP contribution in [0.2, 0.25) is 0 Å². The van der Waals surface area contributed by atoms with Crippen LogP contribution in [0.25, 0.3) is 0 Å². The van der Waals surface area contributed by atoms with E-state index in [2.05, 4.69) is 20.8 Å². The Bertz CT molecular complexity index is 1720. The number of β-lactam (4-membered cyclic amide) rings is 1. The van der Waals surface area contributed by atoms with Gasteiger partial charge in [0.25, 0.3) is 11.6 Å². The summed E-state index contributed by atoms with van der Waals surface area (Å²) in [5.74, 6) is -1.20. The molecule has 0 aliphatic carbocycles. The van der Waals surface area contributed by atoms with Gasteiger partial charge in [0.2, 0.25) is 11.1 Å². The number of hydrogen-bond acceptors (Lipinski definition) is 11. The third-order valence-electron chi connectivity index (χ3n) is 7.76. The number of nitrogens with zero attached hydrogens (tertiary/aromatic N) is 5. The molecule has 15 heteroatoms. The first-order valence-electron chi connectivity index (χ1n) is 14.3. The SMILES string of the molecule is CO[C@@]1(NC(=O)C(N)c2ccccc2)C(=O)N2C(C(=O)OC(c3ccccc3)c3ccccc3)=C(CSc3nnnn3C)CS[C@H]21.Cl. The smallest absolute Gasteiger partial charge is 0.356 e. The molecular formula is C32H32ClN7O5S2. The molecule has 1 fully saturated rings. The summed E-state index contributed by atoms with van der Waals surface area (Å²) in [6.45, 7) is 0. The van der Waals surface area contributed by atoms with Gasteiger partial charge in [-0.1, -0.05) is 103 Å². The van der Waals surface area contributed by atoms with Gasteiger partial charge < -0.3 is 20.5 Å². The number of fused-ring (bicyclic) bond motifs is 1. The van der Waals surface area contributed by atoms with Crippen LogP contribution in [0.5, 0.6) is 0 Å². The second-order valence-corrected chi connectivity index (χ2v) is 12.6. The quantitative estimate of drug-likeness (QED) is 0.103. The highest BCUT2D eigenvalue weighted by Gasteiger charge is 2.67. The van der Waals surface area contributed by atoms with Crippen LogP contribution in [0.1, 0.15) is 28.8 Å². The van der Waals surface area contributed by atoms with Crippen LogP contribution in [0.4, 0.5) is 0 Å². The van der Waals surface area contributed by atoms with E-state index in [0.717, 1.165) is 11.1 Å². The molecule has 244 valence electrons. The number of amides is 2. The molecule has 0 bridgehead atoms. The van der Waals surface area contributed by atoms with Gasteiger partial charge in [0.1, 0.15) is 17.1 Å². The van der Waals surface area contributed by atoms with E-state index >= 15 is 0 Å². The Labute approximate surface area is 285 Å². The van der Waals surface area contributed by atoms with Gasteiger partial charge in [-0.05, 0) is 32.7 Å². The van der Waals surface area contributed by atoms with Crippen molar-refractivity contribution in [1.82, 2.24) is 30.4 Å². The molecular weight excluding hydrogens is 662 g/mol. The van der Waals surface area contributed by atoms with E-state index in [-0.39, 0.29) is 18.1 Å². The average Bonchev–Trinajstić information content (AvgIpc) is 3.52. The van der Waals surface area contributed by atoms with E-state index in [1.54, 1.807) is 31.3 Å². The molecule has 3 atom stereocenters. The minimum absolute atomic E-state index is 0. The lowest BCUT2D eigenvalue weighted by atomic mass is 9.97. The highest BCUT2D eigenvalue weighted by Crippen LogP contribution is 2.48. The minimum atomic E-state index is -1.73. The standard InChI is InChI=1S/C32H31N7O5S2.ClH/c1-38-31(35-36-37-38)46-19-23-18-45-30-32(43-2,34-27(40)24(33)20-12-6-3-7-13-20)29(42)39(30)25(23)28(41)44-26(21-14-8-4-9-15-21)22-16-10-5-11-17-22;/h3-17,24,26,30H,18-19,33H2,1-2H3,(H,34,40);1H/t24?,30-,32-;/m0./s1. The van der Waals surface area contributed by atoms with Crippen molar-refractivity contribution in [2.24, 2.45) is 12.8 Å². The van der Waals surface area contributed by atoms with Crippen molar-refractivity contribution in [3.63, 3.8) is 0 Å². The number of carbonyl (C=O) groups is 3. The van der Waals surface area contributed by atoms with Gasteiger partial charge in [-0.2, -0.15) is 0 Å². The molecule has 0 radical (unpaired) electrons. The minimum Gasteiger partial charge on any atom is -0.448 e. The Morgan fingerprint density at radius 1 is 1.02 bits per heavy atom. The van der Waals surface area contributed by atoms with E-state index in [4.69, 9.17) is 15.2 Å². The number of carbonyl (C=O) groups excluding carboxylic acids is 3. The Hall–Kier alpha value is -4.21. The Kier molecular flexibility index (Phi) is 10.7. The molecule has 0 saturated carbocycles. The van der Waals surface area contributed by atoms with E-state index in [9.17, 15) is 14.4 Å². The third-order valence-corrected chi connectivity index (χ3v) is 10.2. The number of thioether (sulfide) groups is 2. The van der Waals surface area contributed by atoms with Crippen molar-refractivity contribution < 1.29 is 23.9 Å². The molecule has 12 nitrogen and oxygen atoms in total. The lowest BCUT2D eigenvalue weighted by Gasteiger charge is -2.56. The van der Waals surface area contributed by atoms with Gasteiger partial charge in [0.15, 0.2) is 6.10 Å². The summed E-state index contributed by atoms with van der Waals surface area (Å²) in [7, 11) is 3.07. The number of hydrogen-bond donors (Lipinski definition) is 2. The van der Waals surface area contributed by atoms with Crippen molar-refractivity contribution in [2.75, 3.05) is 18.6 Å². The van der Waals surface area contributed by atoms with Gasteiger partial charge in [0.05, 0.1) is 0 Å². The van der Waals surface area contributed by atoms with Crippen LogP contribution in [-0.4, -0.2) is 72.6 Å². The van der Waals surface area contributed by atoms with Gasteiger partial charge in [0, 0.05) is 25.7 Å². The summed E-state index contributed by atoms with van der Waals surface area (Å²) < 4.78 is 13.5. The summed E-state index contributed by atoms with van der Waals surface area (Å²) in [5.41, 5.74) is 7.40. The number of esters is 1. The first kappa shape index (κ1) is 34.1. The molecule has 47 heavy (non-hydrogen) atoms. The first-order chi connectivity index (χ1) is 22.3. The fourth-order valence-corrected chi connectivity index (χ4v) is 7.79. The Morgan fingerprint density at radius 3 is 2.13 bits per heavy atom. The Balaban J connectivity index is 0.00000433. The van der Waals surface area contributed by atoms with Crippen LogP contribution in [0.3, 0.4) is 0 Å². The predicted molar refractivity (Wildman–Crippen MR) is 179 cm³/mol. The number of methoxy groups -OCH3 is 1. The zero-order chi connectivity index (χ0) is 32.3. The highest BCUT2D eigenvalue weighted by molar-refractivity contribution is 8.01. The molecule has 1 unspecified atom stereocenters. The largest absolute Gasteiger partial charge is 0.448 e. The molecule has 6 rings (SSSR count). The maximum atomic E-state index is 14.3. The van der Waals surface area contributed by atoms with E-state index in [1.165, 1.54) is 40.2 Å². The van der Waals surface area contributed by atoms with Crippen molar-refractivity contribution in [2.45, 2.75) is 28.4 Å². The third kappa shape index (κ3) is 6.64. The number of nitrogens with two attached hydrogens (primary N) is 1. The maximum Gasteiger partial charge on any atom is 0.356 e.